The van der Waals surface area contributed by atoms with Crippen LogP contribution in [0.3, 0.4) is 0 Å². The van der Waals surface area contributed by atoms with Crippen molar-refractivity contribution in [3.05, 3.63) is 7.11 Å². The van der Waals surface area contributed by atoms with Crippen LogP contribution in [-0.2, 0) is 25.8 Å². The SMILES string of the molecule is CO.CO.CO.CO.CO.[CH2-]OC.[W]. The molecule has 96 valence electrons. The van der Waals surface area contributed by atoms with Crippen molar-refractivity contribution in [2.24, 2.45) is 0 Å². The number of aliphatic hydroxyl groups is 5. The van der Waals surface area contributed by atoms with E-state index in [9.17, 15) is 0 Å². The van der Waals surface area contributed by atoms with Gasteiger partial charge in [0.05, 0.1) is 0 Å². The fourth-order valence-electron chi connectivity index (χ4n) is 0. The summed E-state index contributed by atoms with van der Waals surface area (Å²) in [4.78, 5) is 0. The molecule has 0 aromatic rings. The van der Waals surface area contributed by atoms with Crippen LogP contribution in [0.2, 0.25) is 0 Å². The van der Waals surface area contributed by atoms with E-state index >= 15 is 0 Å². The van der Waals surface area contributed by atoms with E-state index in [2.05, 4.69) is 11.8 Å². The molecule has 0 atom stereocenters. The van der Waals surface area contributed by atoms with Gasteiger partial charge in [-0.3, -0.25) is 0 Å². The zero-order chi connectivity index (χ0) is 12.7. The van der Waals surface area contributed by atoms with Gasteiger partial charge in [-0.05, 0) is 7.11 Å². The molecule has 0 radical (unpaired) electrons. The Morgan fingerprint density at radius 3 is 0.643 bits per heavy atom. The van der Waals surface area contributed by atoms with Crippen molar-refractivity contribution >= 4 is 0 Å². The quantitative estimate of drug-likeness (QED) is 0.322. The number of hydrogen-bond acceptors (Lipinski definition) is 6. The van der Waals surface area contributed by atoms with E-state index in [1.165, 1.54) is 7.11 Å². The van der Waals surface area contributed by atoms with Crippen molar-refractivity contribution in [3.63, 3.8) is 0 Å². The van der Waals surface area contributed by atoms with Crippen LogP contribution in [0.4, 0.5) is 0 Å². The third-order valence-corrected chi connectivity index (χ3v) is 0. The van der Waals surface area contributed by atoms with Crippen molar-refractivity contribution < 1.29 is 51.3 Å². The summed E-state index contributed by atoms with van der Waals surface area (Å²) in [5.74, 6) is 0. The van der Waals surface area contributed by atoms with Crippen molar-refractivity contribution in [1.29, 1.82) is 0 Å². The average Bonchev–Trinajstić information content (AvgIpc) is 2.32. The third-order valence-electron chi connectivity index (χ3n) is 0. The summed E-state index contributed by atoms with van der Waals surface area (Å²) in [6, 6.07) is 0. The Hall–Kier alpha value is 0.448. The van der Waals surface area contributed by atoms with Gasteiger partial charge in [0.15, 0.2) is 0 Å². The zero-order valence-corrected chi connectivity index (χ0v) is 12.7. The van der Waals surface area contributed by atoms with Crippen molar-refractivity contribution in [1.82, 2.24) is 0 Å². The van der Waals surface area contributed by atoms with Gasteiger partial charge in [0, 0.05) is 56.6 Å². The van der Waals surface area contributed by atoms with Gasteiger partial charge in [-0.25, -0.2) is 7.11 Å². The topological polar surface area (TPSA) is 110 Å². The molecule has 0 heterocycles. The molecular weight excluding hydrogens is 364 g/mol. The molecule has 5 N–H and O–H groups in total. The molecule has 0 unspecified atom stereocenters. The number of hydrogen-bond donors (Lipinski definition) is 5. The van der Waals surface area contributed by atoms with Gasteiger partial charge >= 0.3 is 0 Å². The monoisotopic (exact) mass is 389 g/mol. The molecule has 0 spiro atoms. The molecule has 0 aliphatic rings. The van der Waals surface area contributed by atoms with Crippen LogP contribution in [0.1, 0.15) is 0 Å². The van der Waals surface area contributed by atoms with Gasteiger partial charge in [0.2, 0.25) is 0 Å². The Bertz CT molecular complexity index is 18.1. The fraction of sp³-hybridized carbons (Fsp3) is 0.857. The van der Waals surface area contributed by atoms with Crippen LogP contribution < -0.4 is 0 Å². The van der Waals surface area contributed by atoms with Gasteiger partial charge in [0.1, 0.15) is 0 Å². The van der Waals surface area contributed by atoms with E-state index in [1.807, 2.05) is 0 Å². The summed E-state index contributed by atoms with van der Waals surface area (Å²) in [7, 11) is 9.50. The molecule has 0 rings (SSSR count). The predicted molar refractivity (Wildman–Crippen MR) is 53.1 cm³/mol. The first-order valence-electron chi connectivity index (χ1n) is 2.93. The van der Waals surface area contributed by atoms with Crippen LogP contribution in [0.25, 0.3) is 0 Å². The summed E-state index contributed by atoms with van der Waals surface area (Å²) in [6.45, 7) is 0. The molecule has 0 aromatic carbocycles. The van der Waals surface area contributed by atoms with Gasteiger partial charge in [-0.2, -0.15) is 0 Å². The maximum Gasteiger partial charge on any atom is 0.0319 e. The summed E-state index contributed by atoms with van der Waals surface area (Å²) in [5, 5.41) is 35.0. The van der Waals surface area contributed by atoms with Gasteiger partial charge in [-0.15, -0.1) is 0 Å². The Balaban J connectivity index is -0.00000000838. The minimum Gasteiger partial charge on any atom is -0.557 e. The average molecular weight is 389 g/mol. The van der Waals surface area contributed by atoms with Crippen LogP contribution in [0.15, 0.2) is 0 Å². The molecule has 7 heteroatoms. The molecule has 0 aliphatic heterocycles. The Morgan fingerprint density at radius 1 is 0.643 bits per heavy atom. The number of rotatable bonds is 0. The second kappa shape index (κ2) is 993. The minimum atomic E-state index is 0. The first-order chi connectivity index (χ1) is 6.41. The van der Waals surface area contributed by atoms with E-state index in [0.29, 0.717) is 0 Å². The molecule has 0 aromatic heterocycles. The van der Waals surface area contributed by atoms with E-state index in [0.717, 1.165) is 35.5 Å². The largest absolute Gasteiger partial charge is 0.557 e. The van der Waals surface area contributed by atoms with Gasteiger partial charge in [-0.1, -0.05) is 0 Å². The number of ether oxygens (including phenoxy) is 1. The Kier molecular flexibility index (Phi) is 3340. The van der Waals surface area contributed by atoms with E-state index < -0.39 is 0 Å². The second-order valence-electron chi connectivity index (χ2n) is 0.289. The summed E-state index contributed by atoms with van der Waals surface area (Å²) in [6.07, 6.45) is 0. The van der Waals surface area contributed by atoms with Crippen LogP contribution >= 0.6 is 0 Å². The molecule has 0 bridgehead atoms. The smallest absolute Gasteiger partial charge is 0.0319 e. The fourth-order valence-corrected chi connectivity index (χ4v) is 0. The number of methoxy groups -OCH3 is 1. The molecule has 6 nitrogen and oxygen atoms in total. The first kappa shape index (κ1) is 47.1. The van der Waals surface area contributed by atoms with Crippen molar-refractivity contribution in [2.45, 2.75) is 0 Å². The van der Waals surface area contributed by atoms with Crippen LogP contribution in [-0.4, -0.2) is 68.2 Å². The first-order valence-corrected chi connectivity index (χ1v) is 2.93. The van der Waals surface area contributed by atoms with Crippen LogP contribution in [0, 0.1) is 7.11 Å². The summed E-state index contributed by atoms with van der Waals surface area (Å²) >= 11 is 0. The van der Waals surface area contributed by atoms with Gasteiger partial charge < -0.3 is 30.3 Å². The molecular formula is C7H25O6W-. The Labute approximate surface area is 101 Å². The normalized spacial score (nSPS) is 3.43. The molecule has 14 heavy (non-hydrogen) atoms. The zero-order valence-electron chi connectivity index (χ0n) is 9.76. The van der Waals surface area contributed by atoms with E-state index in [4.69, 9.17) is 25.5 Å². The maximum absolute atomic E-state index is 7.00. The molecule has 0 saturated heterocycles. The molecule has 0 aliphatic carbocycles. The van der Waals surface area contributed by atoms with E-state index in [-0.39, 0.29) is 21.1 Å². The van der Waals surface area contributed by atoms with Gasteiger partial charge in [0.25, 0.3) is 0 Å². The number of aliphatic hydroxyl groups excluding tert-OH is 5. The Morgan fingerprint density at radius 2 is 0.643 bits per heavy atom. The third kappa shape index (κ3) is 8120. The van der Waals surface area contributed by atoms with Crippen molar-refractivity contribution in [3.8, 4) is 0 Å². The summed E-state index contributed by atoms with van der Waals surface area (Å²) in [5.41, 5.74) is 0. The van der Waals surface area contributed by atoms with Crippen LogP contribution in [0.5, 0.6) is 0 Å². The molecule has 0 fully saturated rings. The van der Waals surface area contributed by atoms with E-state index in [1.54, 1.807) is 0 Å². The second-order valence-corrected chi connectivity index (χ2v) is 0.289. The maximum atomic E-state index is 7.00. The molecule has 0 saturated carbocycles. The predicted octanol–water partition coefficient (Wildman–Crippen LogP) is -1.54. The standard InChI is InChI=1S/C2H5O.5CH4O.W/c1-3-2;5*1-2;/h1H2,2H3;5*2H,1H3;/q-1;;;;;;. The summed E-state index contributed by atoms with van der Waals surface area (Å²) < 4.78 is 4.00. The molecule has 0 amide bonds. The minimum absolute atomic E-state index is 0. The van der Waals surface area contributed by atoms with Crippen molar-refractivity contribution in [2.75, 3.05) is 42.7 Å².